The lowest BCUT2D eigenvalue weighted by molar-refractivity contribution is -0.182. The number of rotatable bonds is 7. The molecular weight excluding hydrogens is 558 g/mol. The average molecular weight is 578 g/mol. The van der Waals surface area contributed by atoms with Gasteiger partial charge in [-0.15, -0.1) is 0 Å². The Labute approximate surface area is 227 Å². The molecule has 0 saturated carbocycles. The Morgan fingerprint density at radius 1 is 0.878 bits per heavy atom. The van der Waals surface area contributed by atoms with Gasteiger partial charge in [-0.05, 0) is 61.6 Å². The van der Waals surface area contributed by atoms with Crippen LogP contribution in [0.2, 0.25) is 0 Å². The molecule has 0 unspecified atom stereocenters. The number of allylic oxidation sites excluding steroid dienone is 5. The molecule has 0 spiro atoms. The summed E-state index contributed by atoms with van der Waals surface area (Å²) >= 11 is 0. The first-order valence-electron chi connectivity index (χ1n) is 11.8. The van der Waals surface area contributed by atoms with Gasteiger partial charge in [0.15, 0.2) is 13.2 Å². The van der Waals surface area contributed by atoms with Crippen LogP contribution in [0.4, 0.5) is 26.3 Å². The van der Waals surface area contributed by atoms with Crippen molar-refractivity contribution in [2.75, 3.05) is 13.2 Å². The Balaban J connectivity index is 1.69. The van der Waals surface area contributed by atoms with Crippen LogP contribution in [0.3, 0.4) is 0 Å². The second-order valence-corrected chi connectivity index (χ2v) is 8.50. The zero-order chi connectivity index (χ0) is 29.8. The summed E-state index contributed by atoms with van der Waals surface area (Å²) in [5.74, 6) is -2.48. The van der Waals surface area contributed by atoms with Crippen LogP contribution in [-0.2, 0) is 19.1 Å². The van der Waals surface area contributed by atoms with E-state index in [1.165, 1.54) is 54.8 Å². The number of aliphatic imine (C=N–C) groups is 2. The number of esters is 2. The van der Waals surface area contributed by atoms with Gasteiger partial charge in [-0.3, -0.25) is 4.99 Å². The standard InChI is InChI=1S/C27H20F6N4O4/c1-2-15-5-8-20(35-15)23(25(39)41-14-27(31,32)33)21-10-7-17(37-21)12-16-6-9-19(36-16)22(18-4-3-11-34-18)24(38)40-13-26(28,29)30/h2-12,36-37H,13-14H2,1H3/b15-2-,17-12-,22-18+,23-21+. The maximum absolute atomic E-state index is 12.7. The maximum atomic E-state index is 12.7. The van der Waals surface area contributed by atoms with E-state index in [-0.39, 0.29) is 33.6 Å². The molecule has 2 aliphatic rings. The number of aromatic nitrogens is 2. The number of nitrogens with one attached hydrogen (secondary N) is 2. The molecular formula is C27H20F6N4O4. The van der Waals surface area contributed by atoms with Gasteiger partial charge in [0.05, 0.1) is 28.1 Å². The lowest BCUT2D eigenvalue weighted by Crippen LogP contribution is -2.27. The summed E-state index contributed by atoms with van der Waals surface area (Å²) in [7, 11) is 0. The molecule has 0 radical (unpaired) electrons. The second kappa shape index (κ2) is 11.7. The van der Waals surface area contributed by atoms with Gasteiger partial charge in [-0.25, -0.2) is 14.6 Å². The Morgan fingerprint density at radius 3 is 2.15 bits per heavy atom. The first-order chi connectivity index (χ1) is 19.3. The molecule has 0 bridgehead atoms. The summed E-state index contributed by atoms with van der Waals surface area (Å²) in [6.45, 7) is -1.86. The van der Waals surface area contributed by atoms with Crippen LogP contribution in [0, 0.1) is 0 Å². The number of aromatic amines is 2. The zero-order valence-corrected chi connectivity index (χ0v) is 21.1. The van der Waals surface area contributed by atoms with Crippen LogP contribution in [0.5, 0.6) is 0 Å². The summed E-state index contributed by atoms with van der Waals surface area (Å²) in [4.78, 5) is 39.2. The average Bonchev–Trinajstić information content (AvgIpc) is 3.70. The zero-order valence-electron chi connectivity index (χ0n) is 21.1. The van der Waals surface area contributed by atoms with Gasteiger partial charge >= 0.3 is 24.3 Å². The Bertz CT molecular complexity index is 1650. The number of H-pyrrole nitrogens is 2. The number of halogens is 6. The third kappa shape index (κ3) is 7.62. The molecule has 0 aliphatic carbocycles. The molecule has 0 atom stereocenters. The Kier molecular flexibility index (Phi) is 8.31. The fraction of sp³-hybridized carbons (Fsp3) is 0.185. The van der Waals surface area contributed by atoms with Crippen molar-refractivity contribution in [2.45, 2.75) is 19.3 Å². The third-order valence-corrected chi connectivity index (χ3v) is 5.43. The number of hydrogen-bond donors (Lipinski definition) is 2. The molecule has 0 saturated heterocycles. The van der Waals surface area contributed by atoms with E-state index in [1.807, 2.05) is 0 Å². The van der Waals surface area contributed by atoms with Crippen molar-refractivity contribution in [3.05, 3.63) is 88.1 Å². The van der Waals surface area contributed by atoms with Crippen LogP contribution < -0.4 is 10.7 Å². The van der Waals surface area contributed by atoms with E-state index in [4.69, 9.17) is 0 Å². The van der Waals surface area contributed by atoms with Crippen LogP contribution in [0.1, 0.15) is 18.3 Å². The van der Waals surface area contributed by atoms with Crippen molar-refractivity contribution in [3.63, 3.8) is 0 Å². The lowest BCUT2D eigenvalue weighted by atomic mass is 10.1. The minimum Gasteiger partial charge on any atom is -0.452 e. The molecule has 2 aromatic rings. The first-order valence-corrected chi connectivity index (χ1v) is 11.8. The lowest BCUT2D eigenvalue weighted by Gasteiger charge is -2.10. The van der Waals surface area contributed by atoms with E-state index in [1.54, 1.807) is 19.1 Å². The van der Waals surface area contributed by atoms with Gasteiger partial charge in [0.25, 0.3) is 0 Å². The monoisotopic (exact) mass is 578 g/mol. The van der Waals surface area contributed by atoms with E-state index < -0.39 is 37.5 Å². The fourth-order valence-electron chi connectivity index (χ4n) is 3.72. The predicted molar refractivity (Wildman–Crippen MR) is 137 cm³/mol. The minimum absolute atomic E-state index is 0.0928. The van der Waals surface area contributed by atoms with Gasteiger partial charge in [-0.2, -0.15) is 26.3 Å². The molecule has 0 aromatic carbocycles. The maximum Gasteiger partial charge on any atom is 0.422 e. The summed E-state index contributed by atoms with van der Waals surface area (Å²) in [6.07, 6.45) is 1.07. The highest BCUT2D eigenvalue weighted by atomic mass is 19.4. The normalized spacial score (nSPS) is 18.3. The molecule has 2 aliphatic heterocycles. The number of nitrogens with zero attached hydrogens (tertiary/aromatic N) is 2. The summed E-state index contributed by atoms with van der Waals surface area (Å²) in [5.41, 5.74) is 0.755. The molecule has 2 N–H and O–H groups in total. The smallest absolute Gasteiger partial charge is 0.422 e. The number of carbonyl (C=O) groups excluding carboxylic acids is 2. The molecule has 4 rings (SSSR count). The van der Waals surface area contributed by atoms with Crippen LogP contribution in [0.15, 0.2) is 76.0 Å². The van der Waals surface area contributed by atoms with E-state index in [0.29, 0.717) is 16.7 Å². The SMILES string of the molecule is C/C=C1/C=CC(C(/C(=O)OCC(F)(F)F)=c2/cc/c(=C/c3ccc(/C(C(=O)OCC(F)(F)F)=C4/C=CC=N4)[nH]3)[nH]2)=N1. The number of ether oxygens (including phenoxy) is 2. The van der Waals surface area contributed by atoms with E-state index >= 15 is 0 Å². The van der Waals surface area contributed by atoms with Gasteiger partial charge < -0.3 is 19.4 Å². The van der Waals surface area contributed by atoms with E-state index in [2.05, 4.69) is 29.4 Å². The van der Waals surface area contributed by atoms with Crippen molar-refractivity contribution in [1.82, 2.24) is 9.97 Å². The predicted octanol–water partition coefficient (Wildman–Crippen LogP) is 3.80. The van der Waals surface area contributed by atoms with E-state index in [9.17, 15) is 35.9 Å². The second-order valence-electron chi connectivity index (χ2n) is 8.50. The number of carbonyl (C=O) groups is 2. The van der Waals surface area contributed by atoms with Crippen molar-refractivity contribution in [2.24, 2.45) is 9.98 Å². The molecule has 2 aromatic heterocycles. The molecule has 41 heavy (non-hydrogen) atoms. The number of hydrogen-bond acceptors (Lipinski definition) is 6. The summed E-state index contributed by atoms with van der Waals surface area (Å²) in [6, 6.07) is 5.95. The summed E-state index contributed by atoms with van der Waals surface area (Å²) in [5, 5.41) is 0.510. The molecule has 14 heteroatoms. The van der Waals surface area contributed by atoms with Crippen molar-refractivity contribution in [1.29, 1.82) is 0 Å². The molecule has 4 heterocycles. The van der Waals surface area contributed by atoms with Gasteiger partial charge in [0, 0.05) is 17.3 Å². The Morgan fingerprint density at radius 2 is 1.56 bits per heavy atom. The third-order valence-electron chi connectivity index (χ3n) is 5.43. The molecule has 0 amide bonds. The molecule has 8 nitrogen and oxygen atoms in total. The van der Waals surface area contributed by atoms with Crippen molar-refractivity contribution in [3.8, 4) is 0 Å². The Hall–Kier alpha value is -4.88. The highest BCUT2D eigenvalue weighted by Crippen LogP contribution is 2.25. The van der Waals surface area contributed by atoms with Gasteiger partial charge in [0.2, 0.25) is 0 Å². The highest BCUT2D eigenvalue weighted by Gasteiger charge is 2.32. The van der Waals surface area contributed by atoms with Gasteiger partial charge in [0.1, 0.15) is 11.1 Å². The quantitative estimate of drug-likeness (QED) is 0.296. The highest BCUT2D eigenvalue weighted by molar-refractivity contribution is 6.44. The first kappa shape index (κ1) is 29.1. The largest absolute Gasteiger partial charge is 0.452 e. The van der Waals surface area contributed by atoms with Crippen molar-refractivity contribution >= 4 is 41.1 Å². The minimum atomic E-state index is -4.73. The van der Waals surface area contributed by atoms with Crippen molar-refractivity contribution < 1.29 is 45.4 Å². The van der Waals surface area contributed by atoms with Crippen LogP contribution in [0.25, 0.3) is 17.2 Å². The van der Waals surface area contributed by atoms with Crippen LogP contribution >= 0.6 is 0 Å². The van der Waals surface area contributed by atoms with Gasteiger partial charge in [-0.1, -0.05) is 6.08 Å². The molecule has 0 fully saturated rings. The number of alkyl halides is 6. The summed E-state index contributed by atoms with van der Waals surface area (Å²) < 4.78 is 84.7. The van der Waals surface area contributed by atoms with Crippen LogP contribution in [-0.4, -0.2) is 59.4 Å². The topological polar surface area (TPSA) is 109 Å². The molecule has 214 valence electrons. The van der Waals surface area contributed by atoms with E-state index in [0.717, 1.165) is 0 Å². The fourth-order valence-corrected chi connectivity index (χ4v) is 3.72.